The van der Waals surface area contributed by atoms with Crippen LogP contribution in [0.1, 0.15) is 54.9 Å². The number of ether oxygens (including phenoxy) is 3. The first-order chi connectivity index (χ1) is 19.0. The Morgan fingerprint density at radius 1 is 0.974 bits per heavy atom. The topological polar surface area (TPSA) is 77.2 Å². The van der Waals surface area contributed by atoms with Crippen LogP contribution in [0.15, 0.2) is 42.5 Å². The lowest BCUT2D eigenvalue weighted by Gasteiger charge is -2.29. The van der Waals surface area contributed by atoms with Crippen LogP contribution in [-0.2, 0) is 19.3 Å². The number of hydrogen-bond donors (Lipinski definition) is 2. The normalized spacial score (nSPS) is 16.1. The Bertz CT molecular complexity index is 1280. The Morgan fingerprint density at radius 2 is 1.72 bits per heavy atom. The standard InChI is InChI=1S/C33H42N2O4/c1-22-14-16-35(17-15-22)18-19-39-25-11-8-23(9-12-25)20-28-27(21-30(37-2)33(38-3)32(28)34)31-26-7-5-4-6-24(26)10-13-29(31)36/h8-13,21-22,36H,4-7,14-20,34H2,1-3H3. The fraction of sp³-hybridized carbons (Fsp3) is 0.455. The van der Waals surface area contributed by atoms with Crippen molar-refractivity contribution < 1.29 is 19.3 Å². The molecule has 1 saturated heterocycles. The zero-order valence-electron chi connectivity index (χ0n) is 23.6. The number of fused-ring (bicyclic) bond motifs is 1. The highest BCUT2D eigenvalue weighted by Crippen LogP contribution is 2.47. The SMILES string of the molecule is COc1cc(-c2c(O)ccc3c2CCCC3)c(Cc2ccc(OCCN3CCC(C)CC3)cc2)c(N)c1OC. The molecule has 0 radical (unpaired) electrons. The zero-order chi connectivity index (χ0) is 27.4. The molecule has 0 spiro atoms. The quantitative estimate of drug-likeness (QED) is 0.319. The molecule has 0 aromatic heterocycles. The summed E-state index contributed by atoms with van der Waals surface area (Å²) in [5.41, 5.74) is 13.6. The van der Waals surface area contributed by atoms with E-state index in [-0.39, 0.29) is 5.75 Å². The molecule has 6 nitrogen and oxygen atoms in total. The molecule has 1 heterocycles. The second kappa shape index (κ2) is 12.2. The third-order valence-corrected chi connectivity index (χ3v) is 8.46. The first kappa shape index (κ1) is 27.2. The van der Waals surface area contributed by atoms with Gasteiger partial charge in [-0.05, 0) is 110 Å². The van der Waals surface area contributed by atoms with E-state index in [1.807, 2.05) is 24.3 Å². The smallest absolute Gasteiger partial charge is 0.184 e. The Labute approximate surface area is 232 Å². The summed E-state index contributed by atoms with van der Waals surface area (Å²) in [4.78, 5) is 2.49. The Balaban J connectivity index is 1.40. The van der Waals surface area contributed by atoms with Gasteiger partial charge in [0.05, 0.1) is 19.9 Å². The molecule has 3 aromatic rings. The van der Waals surface area contributed by atoms with Gasteiger partial charge in [0, 0.05) is 18.5 Å². The molecule has 208 valence electrons. The van der Waals surface area contributed by atoms with Gasteiger partial charge in [-0.3, -0.25) is 4.90 Å². The number of phenols is 1. The molecule has 2 aliphatic rings. The number of methoxy groups -OCH3 is 2. The monoisotopic (exact) mass is 530 g/mol. The second-order valence-corrected chi connectivity index (χ2v) is 11.0. The number of piperidine rings is 1. The molecule has 5 rings (SSSR count). The number of rotatable bonds is 9. The lowest BCUT2D eigenvalue weighted by molar-refractivity contribution is 0.160. The van der Waals surface area contributed by atoms with Crippen LogP contribution in [0.4, 0.5) is 5.69 Å². The average molecular weight is 531 g/mol. The van der Waals surface area contributed by atoms with E-state index >= 15 is 0 Å². The van der Waals surface area contributed by atoms with Crippen molar-refractivity contribution in [2.45, 2.75) is 51.9 Å². The number of hydrogen-bond acceptors (Lipinski definition) is 6. The highest BCUT2D eigenvalue weighted by atomic mass is 16.5. The number of likely N-dealkylation sites (tertiary alicyclic amines) is 1. The van der Waals surface area contributed by atoms with E-state index in [9.17, 15) is 5.11 Å². The predicted molar refractivity (Wildman–Crippen MR) is 157 cm³/mol. The molecular formula is C33H42N2O4. The lowest BCUT2D eigenvalue weighted by atomic mass is 9.83. The van der Waals surface area contributed by atoms with Gasteiger partial charge in [0.2, 0.25) is 0 Å². The summed E-state index contributed by atoms with van der Waals surface area (Å²) in [5, 5.41) is 11.1. The predicted octanol–water partition coefficient (Wildman–Crippen LogP) is 6.24. The van der Waals surface area contributed by atoms with Crippen LogP contribution in [0.5, 0.6) is 23.0 Å². The second-order valence-electron chi connectivity index (χ2n) is 11.0. The van der Waals surface area contributed by atoms with E-state index in [1.165, 1.54) is 43.5 Å². The van der Waals surface area contributed by atoms with Crippen LogP contribution in [0.25, 0.3) is 11.1 Å². The fourth-order valence-electron chi connectivity index (χ4n) is 6.08. The third-order valence-electron chi connectivity index (χ3n) is 8.46. The van der Waals surface area contributed by atoms with Gasteiger partial charge in [0.25, 0.3) is 0 Å². The minimum atomic E-state index is 0.274. The summed E-state index contributed by atoms with van der Waals surface area (Å²) < 4.78 is 17.4. The zero-order valence-corrected chi connectivity index (χ0v) is 23.6. The molecule has 1 fully saturated rings. The molecule has 3 aromatic carbocycles. The van der Waals surface area contributed by atoms with Crippen LogP contribution in [0, 0.1) is 5.92 Å². The number of benzene rings is 3. The van der Waals surface area contributed by atoms with Crippen LogP contribution in [0.3, 0.4) is 0 Å². The molecular weight excluding hydrogens is 488 g/mol. The van der Waals surface area contributed by atoms with Gasteiger partial charge in [0.15, 0.2) is 11.5 Å². The van der Waals surface area contributed by atoms with Crippen LogP contribution >= 0.6 is 0 Å². The molecule has 0 unspecified atom stereocenters. The van der Waals surface area contributed by atoms with Crippen molar-refractivity contribution in [3.05, 3.63) is 64.7 Å². The van der Waals surface area contributed by atoms with Crippen molar-refractivity contribution in [1.82, 2.24) is 4.90 Å². The number of aryl methyl sites for hydroxylation is 1. The van der Waals surface area contributed by atoms with E-state index in [1.54, 1.807) is 14.2 Å². The first-order valence-corrected chi connectivity index (χ1v) is 14.3. The van der Waals surface area contributed by atoms with E-state index < -0.39 is 0 Å². The van der Waals surface area contributed by atoms with Crippen molar-refractivity contribution in [2.24, 2.45) is 5.92 Å². The van der Waals surface area contributed by atoms with Crippen LogP contribution in [-0.4, -0.2) is 50.5 Å². The molecule has 1 aliphatic carbocycles. The third kappa shape index (κ3) is 5.96. The first-order valence-electron chi connectivity index (χ1n) is 14.3. The highest BCUT2D eigenvalue weighted by Gasteiger charge is 2.25. The van der Waals surface area contributed by atoms with Gasteiger partial charge in [-0.15, -0.1) is 0 Å². The fourth-order valence-corrected chi connectivity index (χ4v) is 6.08. The number of aromatic hydroxyl groups is 1. The van der Waals surface area contributed by atoms with Crippen LogP contribution in [0.2, 0.25) is 0 Å². The van der Waals surface area contributed by atoms with Crippen molar-refractivity contribution in [3.8, 4) is 34.1 Å². The van der Waals surface area contributed by atoms with Crippen LogP contribution < -0.4 is 19.9 Å². The van der Waals surface area contributed by atoms with E-state index in [0.717, 1.165) is 59.7 Å². The largest absolute Gasteiger partial charge is 0.507 e. The number of nitrogen functional groups attached to an aromatic ring is 1. The van der Waals surface area contributed by atoms with E-state index in [0.29, 0.717) is 30.2 Å². The summed E-state index contributed by atoms with van der Waals surface area (Å²) in [5.74, 6) is 3.07. The van der Waals surface area contributed by atoms with Crippen molar-refractivity contribution in [1.29, 1.82) is 0 Å². The number of nitrogens with zero attached hydrogens (tertiary/aromatic N) is 1. The maximum Gasteiger partial charge on any atom is 0.184 e. The summed E-state index contributed by atoms with van der Waals surface area (Å²) >= 11 is 0. The maximum absolute atomic E-state index is 11.1. The van der Waals surface area contributed by atoms with Crippen molar-refractivity contribution in [2.75, 3.05) is 46.2 Å². The maximum atomic E-state index is 11.1. The molecule has 0 saturated carbocycles. The summed E-state index contributed by atoms with van der Waals surface area (Å²) in [6, 6.07) is 14.1. The molecule has 3 N–H and O–H groups in total. The Kier molecular flexibility index (Phi) is 8.51. The van der Waals surface area contributed by atoms with Gasteiger partial charge in [0.1, 0.15) is 18.1 Å². The molecule has 1 aliphatic heterocycles. The molecule has 0 bridgehead atoms. The number of nitrogens with two attached hydrogens (primary N) is 1. The van der Waals surface area contributed by atoms with Gasteiger partial charge >= 0.3 is 0 Å². The molecule has 0 atom stereocenters. The summed E-state index contributed by atoms with van der Waals surface area (Å²) in [6.07, 6.45) is 7.40. The van der Waals surface area contributed by atoms with Gasteiger partial charge in [-0.25, -0.2) is 0 Å². The van der Waals surface area contributed by atoms with Crippen molar-refractivity contribution in [3.63, 3.8) is 0 Å². The van der Waals surface area contributed by atoms with Crippen molar-refractivity contribution >= 4 is 5.69 Å². The molecule has 39 heavy (non-hydrogen) atoms. The minimum absolute atomic E-state index is 0.274. The van der Waals surface area contributed by atoms with Gasteiger partial charge in [-0.1, -0.05) is 25.1 Å². The average Bonchev–Trinajstić information content (AvgIpc) is 2.96. The number of anilines is 1. The molecule has 6 heteroatoms. The van der Waals surface area contributed by atoms with E-state index in [4.69, 9.17) is 19.9 Å². The minimum Gasteiger partial charge on any atom is -0.507 e. The Hall–Kier alpha value is -3.38. The highest BCUT2D eigenvalue weighted by molar-refractivity contribution is 5.85. The lowest BCUT2D eigenvalue weighted by Crippen LogP contribution is -2.35. The summed E-state index contributed by atoms with van der Waals surface area (Å²) in [7, 11) is 3.22. The van der Waals surface area contributed by atoms with E-state index in [2.05, 4.69) is 30.0 Å². The summed E-state index contributed by atoms with van der Waals surface area (Å²) in [6.45, 7) is 6.32. The Morgan fingerprint density at radius 3 is 2.44 bits per heavy atom. The van der Waals surface area contributed by atoms with Gasteiger partial charge in [-0.2, -0.15) is 0 Å². The molecule has 0 amide bonds. The number of phenolic OH excluding ortho intramolecular Hbond substituents is 1. The van der Waals surface area contributed by atoms with Gasteiger partial charge < -0.3 is 25.1 Å².